The Kier molecular flexibility index (Phi) is 7.95. The van der Waals surface area contributed by atoms with Crippen molar-refractivity contribution in [2.75, 3.05) is 19.8 Å². The molecule has 172 valence electrons. The van der Waals surface area contributed by atoms with Crippen LogP contribution >= 0.6 is 0 Å². The fraction of sp³-hybridized carbons (Fsp3) is 0.458. The molecule has 8 nitrogen and oxygen atoms in total. The maximum absolute atomic E-state index is 13.3. The highest BCUT2D eigenvalue weighted by molar-refractivity contribution is 5.93. The Hall–Kier alpha value is -2.81. The fourth-order valence-electron chi connectivity index (χ4n) is 4.23. The Bertz CT molecular complexity index is 977. The van der Waals surface area contributed by atoms with E-state index in [4.69, 9.17) is 5.73 Å². The van der Waals surface area contributed by atoms with Crippen LogP contribution in [0, 0.1) is 5.92 Å². The molecular weight excluding hydrogens is 408 g/mol. The summed E-state index contributed by atoms with van der Waals surface area (Å²) in [5, 5.41) is 18.4. The van der Waals surface area contributed by atoms with Crippen molar-refractivity contribution in [1.29, 1.82) is 0 Å². The van der Waals surface area contributed by atoms with Gasteiger partial charge in [-0.2, -0.15) is 0 Å². The molecule has 1 aliphatic heterocycles. The van der Waals surface area contributed by atoms with Gasteiger partial charge in [-0.25, -0.2) is 0 Å². The lowest BCUT2D eigenvalue weighted by molar-refractivity contribution is -0.151. The number of ketones is 1. The van der Waals surface area contributed by atoms with Crippen LogP contribution in [0.3, 0.4) is 0 Å². The van der Waals surface area contributed by atoms with E-state index in [-0.39, 0.29) is 30.8 Å². The van der Waals surface area contributed by atoms with Crippen molar-refractivity contribution in [3.05, 3.63) is 48.0 Å². The number of aliphatic hydroxyl groups is 1. The fourth-order valence-corrected chi connectivity index (χ4v) is 4.23. The highest BCUT2D eigenvalue weighted by Gasteiger charge is 2.39. The van der Waals surface area contributed by atoms with Crippen molar-refractivity contribution in [2.24, 2.45) is 11.7 Å². The van der Waals surface area contributed by atoms with Gasteiger partial charge < -0.3 is 21.1 Å². The van der Waals surface area contributed by atoms with Crippen molar-refractivity contribution in [3.63, 3.8) is 0 Å². The lowest BCUT2D eigenvalue weighted by Crippen LogP contribution is -2.63. The van der Waals surface area contributed by atoms with E-state index in [0.717, 1.165) is 16.3 Å². The number of hydrogen-bond acceptors (Lipinski definition) is 6. The largest absolute Gasteiger partial charge is 0.391 e. The molecule has 1 fully saturated rings. The number of Topliss-reactive ketones (excluding diaryl/α,β-unsaturated/α-hetero) is 1. The van der Waals surface area contributed by atoms with E-state index in [1.807, 2.05) is 36.4 Å². The summed E-state index contributed by atoms with van der Waals surface area (Å²) in [6.07, 6.45) is -0.291. The molecule has 1 heterocycles. The van der Waals surface area contributed by atoms with Crippen LogP contribution in [-0.2, 0) is 20.8 Å². The molecule has 0 spiro atoms. The van der Waals surface area contributed by atoms with Gasteiger partial charge in [-0.15, -0.1) is 0 Å². The summed E-state index contributed by atoms with van der Waals surface area (Å²) in [6, 6.07) is 12.3. The highest BCUT2D eigenvalue weighted by atomic mass is 16.3. The van der Waals surface area contributed by atoms with Crippen molar-refractivity contribution in [3.8, 4) is 0 Å². The van der Waals surface area contributed by atoms with Gasteiger partial charge >= 0.3 is 0 Å². The molecule has 0 saturated carbocycles. The average Bonchev–Trinajstić information content (AvgIpc) is 2.75. The predicted octanol–water partition coefficient (Wildman–Crippen LogP) is 0.560. The van der Waals surface area contributed by atoms with E-state index in [2.05, 4.69) is 16.7 Å². The van der Waals surface area contributed by atoms with Gasteiger partial charge in [0.15, 0.2) is 5.78 Å². The van der Waals surface area contributed by atoms with Gasteiger partial charge in [-0.05, 0) is 49.6 Å². The number of carbonyl (C=O) groups is 3. The van der Waals surface area contributed by atoms with Gasteiger partial charge in [0.1, 0.15) is 6.04 Å². The zero-order valence-corrected chi connectivity index (χ0v) is 18.6. The van der Waals surface area contributed by atoms with Crippen LogP contribution in [0.15, 0.2) is 42.5 Å². The minimum Gasteiger partial charge on any atom is -0.391 e. The maximum atomic E-state index is 13.3. The molecule has 0 aliphatic carbocycles. The Morgan fingerprint density at radius 3 is 2.62 bits per heavy atom. The van der Waals surface area contributed by atoms with Crippen LogP contribution < -0.4 is 16.4 Å². The Balaban J connectivity index is 1.75. The molecule has 0 radical (unpaired) electrons. The van der Waals surface area contributed by atoms with Gasteiger partial charge in [-0.1, -0.05) is 42.5 Å². The third kappa shape index (κ3) is 5.51. The molecule has 0 bridgehead atoms. The van der Waals surface area contributed by atoms with Crippen molar-refractivity contribution in [2.45, 2.75) is 44.9 Å². The summed E-state index contributed by atoms with van der Waals surface area (Å²) in [5.74, 6) is -1.34. The SMILES string of the molecule is CC(=O)[C@H](CCN)NC(=O)[C@H]([C@H](C)O)N1CNCC(Cc2ccc3ccccc3c2)C1=O. The summed E-state index contributed by atoms with van der Waals surface area (Å²) >= 11 is 0. The summed E-state index contributed by atoms with van der Waals surface area (Å²) in [4.78, 5) is 39.4. The lowest BCUT2D eigenvalue weighted by Gasteiger charge is -2.39. The molecule has 2 aromatic rings. The van der Waals surface area contributed by atoms with Crippen molar-refractivity contribution < 1.29 is 19.5 Å². The molecule has 1 saturated heterocycles. The number of amides is 2. The van der Waals surface area contributed by atoms with Gasteiger partial charge in [0.25, 0.3) is 0 Å². The Morgan fingerprint density at radius 1 is 1.25 bits per heavy atom. The smallest absolute Gasteiger partial charge is 0.246 e. The normalized spacial score (nSPS) is 19.4. The number of carbonyl (C=O) groups excluding carboxylic acids is 3. The van der Waals surface area contributed by atoms with Crippen LogP contribution in [0.4, 0.5) is 0 Å². The third-order valence-corrected chi connectivity index (χ3v) is 5.93. The number of fused-ring (bicyclic) bond motifs is 1. The molecule has 4 atom stereocenters. The Labute approximate surface area is 188 Å². The van der Waals surface area contributed by atoms with E-state index in [0.29, 0.717) is 19.4 Å². The first-order valence-corrected chi connectivity index (χ1v) is 11.0. The monoisotopic (exact) mass is 440 g/mol. The summed E-state index contributed by atoms with van der Waals surface area (Å²) in [5.41, 5.74) is 6.57. The van der Waals surface area contributed by atoms with Gasteiger partial charge in [0.05, 0.1) is 24.7 Å². The van der Waals surface area contributed by atoms with Crippen molar-refractivity contribution in [1.82, 2.24) is 15.5 Å². The lowest BCUT2D eigenvalue weighted by atomic mass is 9.93. The van der Waals surface area contributed by atoms with Gasteiger partial charge in [-0.3, -0.25) is 19.7 Å². The number of hydrogen-bond donors (Lipinski definition) is 4. The van der Waals surface area contributed by atoms with E-state index in [1.165, 1.54) is 18.7 Å². The molecule has 1 aliphatic rings. The Morgan fingerprint density at radius 2 is 1.97 bits per heavy atom. The number of benzene rings is 2. The zero-order chi connectivity index (χ0) is 23.3. The highest BCUT2D eigenvalue weighted by Crippen LogP contribution is 2.21. The van der Waals surface area contributed by atoms with Crippen LogP contribution in [0.2, 0.25) is 0 Å². The van der Waals surface area contributed by atoms with E-state index in [9.17, 15) is 19.5 Å². The average molecular weight is 441 g/mol. The number of nitrogens with one attached hydrogen (secondary N) is 2. The second-order valence-electron chi connectivity index (χ2n) is 8.44. The van der Waals surface area contributed by atoms with Gasteiger partial charge in [0, 0.05) is 6.54 Å². The molecule has 2 amide bonds. The molecule has 8 heteroatoms. The van der Waals surface area contributed by atoms with E-state index >= 15 is 0 Å². The first-order chi connectivity index (χ1) is 15.3. The molecule has 1 unspecified atom stereocenters. The van der Waals surface area contributed by atoms with Crippen LogP contribution in [-0.4, -0.2) is 65.5 Å². The second kappa shape index (κ2) is 10.7. The van der Waals surface area contributed by atoms with Crippen molar-refractivity contribution >= 4 is 28.4 Å². The van der Waals surface area contributed by atoms with Crippen LogP contribution in [0.5, 0.6) is 0 Å². The predicted molar refractivity (Wildman–Crippen MR) is 123 cm³/mol. The number of nitrogens with two attached hydrogens (primary N) is 1. The molecular formula is C24H32N4O4. The van der Waals surface area contributed by atoms with Crippen LogP contribution in [0.25, 0.3) is 10.8 Å². The molecule has 32 heavy (non-hydrogen) atoms. The third-order valence-electron chi connectivity index (χ3n) is 5.93. The zero-order valence-electron chi connectivity index (χ0n) is 18.6. The van der Waals surface area contributed by atoms with Crippen LogP contribution in [0.1, 0.15) is 25.8 Å². The maximum Gasteiger partial charge on any atom is 0.246 e. The summed E-state index contributed by atoms with van der Waals surface area (Å²) < 4.78 is 0. The first-order valence-electron chi connectivity index (χ1n) is 11.0. The molecule has 0 aromatic heterocycles. The first kappa shape index (κ1) is 23.8. The molecule has 3 rings (SSSR count). The molecule has 2 aromatic carbocycles. The topological polar surface area (TPSA) is 125 Å². The summed E-state index contributed by atoms with van der Waals surface area (Å²) in [7, 11) is 0. The quantitative estimate of drug-likeness (QED) is 0.452. The number of aliphatic hydroxyl groups excluding tert-OH is 1. The number of nitrogens with zero attached hydrogens (tertiary/aromatic N) is 1. The minimum atomic E-state index is -1.11. The standard InChI is InChI=1S/C24H32N4O4/c1-15(29)21(9-10-25)27-23(31)22(16(2)30)28-14-26-13-20(24(28)32)12-17-7-8-18-5-3-4-6-19(18)11-17/h3-8,11,16,20-22,26,30H,9-10,12-14,25H2,1-2H3,(H,27,31)/t16-,20?,21-,22-/m0/s1. The van der Waals surface area contributed by atoms with Gasteiger partial charge in [0.2, 0.25) is 11.8 Å². The summed E-state index contributed by atoms with van der Waals surface area (Å²) in [6.45, 7) is 3.72. The van der Waals surface area contributed by atoms with E-state index in [1.54, 1.807) is 0 Å². The minimum absolute atomic E-state index is 0.150. The van der Waals surface area contributed by atoms with E-state index < -0.39 is 24.1 Å². The second-order valence-corrected chi connectivity index (χ2v) is 8.44. The molecule has 5 N–H and O–H groups in total. The number of rotatable bonds is 9.